The van der Waals surface area contributed by atoms with E-state index in [9.17, 15) is 14.4 Å². The number of hydrogen-bond donors (Lipinski definition) is 0. The van der Waals surface area contributed by atoms with Crippen LogP contribution in [0.3, 0.4) is 0 Å². The summed E-state index contributed by atoms with van der Waals surface area (Å²) in [4.78, 5) is 36.1. The molecule has 218 valence electrons. The molecule has 0 saturated heterocycles. The summed E-state index contributed by atoms with van der Waals surface area (Å²) in [5.74, 6) is -1.35. The van der Waals surface area contributed by atoms with Crippen LogP contribution in [0.15, 0.2) is 24.3 Å². The number of ether oxygens (including phenoxy) is 3. The summed E-state index contributed by atoms with van der Waals surface area (Å²) < 4.78 is 30.7. The molecule has 0 N–H and O–H groups in total. The second-order valence-corrected chi connectivity index (χ2v) is 22.6. The van der Waals surface area contributed by atoms with E-state index >= 15 is 0 Å². The first kappa shape index (κ1) is 34.3. The molecule has 1 aliphatic rings. The molecular formula is C28H50O8Si2. The molecule has 5 atom stereocenters. The van der Waals surface area contributed by atoms with Gasteiger partial charge in [0.15, 0.2) is 16.6 Å². The molecule has 0 bridgehead atoms. The maximum Gasteiger partial charge on any atom is 0.331 e. The largest absolute Gasteiger partial charge is 0.460 e. The topological polar surface area (TPSA) is 97.4 Å². The fourth-order valence-corrected chi connectivity index (χ4v) is 6.07. The minimum absolute atomic E-state index is 0.141. The van der Waals surface area contributed by atoms with Crippen molar-refractivity contribution < 1.29 is 37.4 Å². The Morgan fingerprint density at radius 2 is 1.39 bits per heavy atom. The van der Waals surface area contributed by atoms with Crippen LogP contribution in [0, 0.1) is 0 Å². The van der Waals surface area contributed by atoms with Crippen LogP contribution < -0.4 is 0 Å². The van der Waals surface area contributed by atoms with Crippen molar-refractivity contribution in [3.8, 4) is 0 Å². The average molecular weight is 571 g/mol. The Kier molecular flexibility index (Phi) is 11.8. The highest BCUT2D eigenvalue weighted by Crippen LogP contribution is 2.42. The van der Waals surface area contributed by atoms with E-state index in [0.717, 1.165) is 0 Å². The predicted molar refractivity (Wildman–Crippen MR) is 154 cm³/mol. The minimum Gasteiger partial charge on any atom is -0.460 e. The summed E-state index contributed by atoms with van der Waals surface area (Å²) in [5, 5.41) is -0.302. The molecule has 0 amide bonds. The number of hydrogen-bond acceptors (Lipinski definition) is 8. The van der Waals surface area contributed by atoms with E-state index in [2.05, 4.69) is 67.7 Å². The first-order chi connectivity index (χ1) is 17.1. The molecule has 0 spiro atoms. The zero-order chi connectivity index (χ0) is 29.7. The molecular weight excluding hydrogens is 520 g/mol. The molecule has 0 fully saturated rings. The first-order valence-electron chi connectivity index (χ1n) is 13.3. The summed E-state index contributed by atoms with van der Waals surface area (Å²) in [7, 11) is -4.87. The quantitative estimate of drug-likeness (QED) is 0.128. The molecule has 0 aromatic heterocycles. The number of cyclic esters (lactones) is 1. The predicted octanol–water partition coefficient (Wildman–Crippen LogP) is 6.08. The van der Waals surface area contributed by atoms with Gasteiger partial charge in [0.25, 0.3) is 0 Å². The second kappa shape index (κ2) is 13.1. The van der Waals surface area contributed by atoms with Gasteiger partial charge in [0.05, 0.1) is 0 Å². The smallest absolute Gasteiger partial charge is 0.331 e. The first-order valence-corrected chi connectivity index (χ1v) is 19.1. The Balaban J connectivity index is 3.71. The van der Waals surface area contributed by atoms with E-state index in [1.165, 1.54) is 19.9 Å². The van der Waals surface area contributed by atoms with Gasteiger partial charge >= 0.3 is 17.9 Å². The van der Waals surface area contributed by atoms with Crippen molar-refractivity contribution in [1.82, 2.24) is 0 Å². The van der Waals surface area contributed by atoms with Gasteiger partial charge < -0.3 is 23.1 Å². The molecule has 0 saturated carbocycles. The lowest BCUT2D eigenvalue weighted by atomic mass is 10.0. The summed E-state index contributed by atoms with van der Waals surface area (Å²) in [6.45, 7) is 25.7. The molecule has 0 unspecified atom stereocenters. The molecule has 8 nitrogen and oxygen atoms in total. The van der Waals surface area contributed by atoms with Crippen LogP contribution in [0.2, 0.25) is 36.3 Å². The third-order valence-electron chi connectivity index (χ3n) is 7.64. The maximum absolute atomic E-state index is 12.3. The lowest BCUT2D eigenvalue weighted by Gasteiger charge is -2.47. The van der Waals surface area contributed by atoms with Gasteiger partial charge in [-0.1, -0.05) is 47.6 Å². The Labute approximate surface area is 231 Å². The third-order valence-corrected chi connectivity index (χ3v) is 16.6. The molecule has 38 heavy (non-hydrogen) atoms. The minimum atomic E-state index is -2.46. The SMILES string of the molecule is CC(=O)O[C@@H](C)[C@H](O[Si](C)(C)C(C)(C)C)[C@H](O[Si](C)(C)C(C)(C)C)[C@@H](/C=C\[C@H]1CC=CC(=O)O1)OC(C)=O. The lowest BCUT2D eigenvalue weighted by molar-refractivity contribution is -0.164. The number of rotatable bonds is 11. The van der Waals surface area contributed by atoms with Crippen LogP contribution in [-0.4, -0.2) is 65.1 Å². The molecule has 10 heteroatoms. The highest BCUT2D eigenvalue weighted by Gasteiger charge is 2.49. The van der Waals surface area contributed by atoms with Gasteiger partial charge in [-0.2, -0.15) is 0 Å². The lowest BCUT2D eigenvalue weighted by Crippen LogP contribution is -2.59. The van der Waals surface area contributed by atoms with Crippen LogP contribution in [0.1, 0.15) is 68.7 Å². The Morgan fingerprint density at radius 1 is 0.921 bits per heavy atom. The normalized spacial score (nSPS) is 20.4. The molecule has 1 rings (SSSR count). The van der Waals surface area contributed by atoms with Crippen LogP contribution in [0.4, 0.5) is 0 Å². The highest BCUT2D eigenvalue weighted by molar-refractivity contribution is 6.74. The van der Waals surface area contributed by atoms with Crippen LogP contribution in [0.25, 0.3) is 0 Å². The van der Waals surface area contributed by atoms with Crippen molar-refractivity contribution in [3.05, 3.63) is 24.3 Å². The molecule has 0 aromatic carbocycles. The number of carbonyl (C=O) groups excluding carboxylic acids is 3. The van der Waals surface area contributed by atoms with Crippen molar-refractivity contribution in [2.75, 3.05) is 0 Å². The van der Waals surface area contributed by atoms with E-state index in [4.69, 9.17) is 23.1 Å². The third kappa shape index (κ3) is 10.1. The van der Waals surface area contributed by atoms with Crippen molar-refractivity contribution in [2.24, 2.45) is 0 Å². The van der Waals surface area contributed by atoms with Gasteiger partial charge in [0.1, 0.15) is 30.5 Å². The average Bonchev–Trinajstić information content (AvgIpc) is 2.71. The van der Waals surface area contributed by atoms with E-state index < -0.39 is 65.1 Å². The molecule has 1 heterocycles. The van der Waals surface area contributed by atoms with Crippen LogP contribution >= 0.6 is 0 Å². The number of esters is 3. The van der Waals surface area contributed by atoms with Crippen LogP contribution in [-0.2, 0) is 37.4 Å². The zero-order valence-corrected chi connectivity index (χ0v) is 27.7. The van der Waals surface area contributed by atoms with Gasteiger partial charge in [-0.3, -0.25) is 9.59 Å². The van der Waals surface area contributed by atoms with Gasteiger partial charge in [-0.05, 0) is 55.3 Å². The molecule has 0 aromatic rings. The van der Waals surface area contributed by atoms with Gasteiger partial charge in [0.2, 0.25) is 0 Å². The van der Waals surface area contributed by atoms with Crippen molar-refractivity contribution in [1.29, 1.82) is 0 Å². The molecule has 0 radical (unpaired) electrons. The van der Waals surface area contributed by atoms with Crippen molar-refractivity contribution >= 4 is 34.5 Å². The Hall–Kier alpha value is -1.76. The monoisotopic (exact) mass is 570 g/mol. The molecule has 0 aliphatic carbocycles. The maximum atomic E-state index is 12.3. The highest BCUT2D eigenvalue weighted by atomic mass is 28.4. The van der Waals surface area contributed by atoms with E-state index in [0.29, 0.717) is 6.42 Å². The van der Waals surface area contributed by atoms with Crippen LogP contribution in [0.5, 0.6) is 0 Å². The fourth-order valence-electron chi connectivity index (χ4n) is 3.41. The summed E-state index contributed by atoms with van der Waals surface area (Å²) in [6, 6.07) is 0. The van der Waals surface area contributed by atoms with E-state index in [-0.39, 0.29) is 10.1 Å². The Morgan fingerprint density at radius 3 is 1.82 bits per heavy atom. The van der Waals surface area contributed by atoms with E-state index in [1.807, 2.05) is 0 Å². The summed E-state index contributed by atoms with van der Waals surface area (Å²) >= 11 is 0. The summed E-state index contributed by atoms with van der Waals surface area (Å²) in [6.07, 6.45) is 3.51. The second-order valence-electron chi connectivity index (χ2n) is 13.1. The van der Waals surface area contributed by atoms with Gasteiger partial charge in [0, 0.05) is 26.3 Å². The van der Waals surface area contributed by atoms with Gasteiger partial charge in [-0.15, -0.1) is 0 Å². The summed E-state index contributed by atoms with van der Waals surface area (Å²) in [5.41, 5.74) is 0. The Bertz CT molecular complexity index is 896. The fraction of sp³-hybridized carbons (Fsp3) is 0.750. The standard InChI is InChI=1S/C28H50O8Si2/c1-19(32-20(2)29)25(35-37(10,11)27(4,5)6)26(36-38(12,13)28(7,8)9)23(33-21(3)30)18-17-22-15-14-16-24(31)34-22/h14,16-19,22-23,25-26H,15H2,1-13H3/b18-17-/t19-,22+,23+,25-,26+/m0/s1. The van der Waals surface area contributed by atoms with Crippen molar-refractivity contribution in [2.45, 2.75) is 136 Å². The van der Waals surface area contributed by atoms with Crippen molar-refractivity contribution in [3.63, 3.8) is 0 Å². The van der Waals surface area contributed by atoms with E-state index in [1.54, 1.807) is 25.2 Å². The van der Waals surface area contributed by atoms with Gasteiger partial charge in [-0.25, -0.2) is 4.79 Å². The zero-order valence-electron chi connectivity index (χ0n) is 25.7. The molecule has 1 aliphatic heterocycles. The number of carbonyl (C=O) groups is 3.